The minimum atomic E-state index is -0.561. The second-order valence-corrected chi connectivity index (χ2v) is 6.21. The van der Waals surface area contributed by atoms with Crippen LogP contribution in [0.15, 0.2) is 18.2 Å². The van der Waals surface area contributed by atoms with Crippen molar-refractivity contribution >= 4 is 17.5 Å². The predicted octanol–water partition coefficient (Wildman–Crippen LogP) is 1.39. The maximum Gasteiger partial charge on any atom is 0.249 e. The molecule has 1 aromatic rings. The third kappa shape index (κ3) is 4.04. The van der Waals surface area contributed by atoms with Crippen molar-refractivity contribution in [3.63, 3.8) is 0 Å². The van der Waals surface area contributed by atoms with E-state index in [0.29, 0.717) is 36.6 Å². The summed E-state index contributed by atoms with van der Waals surface area (Å²) < 4.78 is 10.5. The van der Waals surface area contributed by atoms with E-state index in [2.05, 4.69) is 0 Å². The van der Waals surface area contributed by atoms with Gasteiger partial charge in [-0.1, -0.05) is 13.3 Å². The van der Waals surface area contributed by atoms with Crippen molar-refractivity contribution in [1.82, 2.24) is 4.90 Å². The number of likely N-dealkylation sites (N-methyl/N-ethyl adjacent to an activating group) is 1. The number of nitrogens with zero attached hydrogens (tertiary/aromatic N) is 2. The fraction of sp³-hybridized carbons (Fsp3) is 0.556. The Morgan fingerprint density at radius 1 is 1.32 bits per heavy atom. The average molecular weight is 349 g/mol. The third-order valence-electron chi connectivity index (χ3n) is 4.56. The number of nitrogens with two attached hydrogens (primary N) is 1. The van der Waals surface area contributed by atoms with Crippen LogP contribution in [0.3, 0.4) is 0 Å². The first kappa shape index (κ1) is 19.1. The van der Waals surface area contributed by atoms with Crippen LogP contribution in [0.4, 0.5) is 5.69 Å². The molecule has 1 aliphatic heterocycles. The standard InChI is InChI=1S/C18H27N3O4/c1-5-6-15(19)17(22)20(2)16-7-8-21(18(16)23)12-9-13(24-3)11-14(10-12)25-4/h9-11,15-16H,5-8,19H2,1-4H3. The summed E-state index contributed by atoms with van der Waals surface area (Å²) in [6.45, 7) is 2.51. The molecule has 2 N–H and O–H groups in total. The maximum absolute atomic E-state index is 12.8. The van der Waals surface area contributed by atoms with Crippen LogP contribution in [-0.4, -0.2) is 56.6 Å². The second kappa shape index (κ2) is 8.20. The normalized spacial score (nSPS) is 18.2. The molecule has 7 nitrogen and oxygen atoms in total. The van der Waals surface area contributed by atoms with Gasteiger partial charge in [-0.3, -0.25) is 9.59 Å². The molecule has 0 bridgehead atoms. The number of rotatable bonds is 7. The fourth-order valence-electron chi connectivity index (χ4n) is 3.08. The van der Waals surface area contributed by atoms with E-state index in [4.69, 9.17) is 15.2 Å². The van der Waals surface area contributed by atoms with Crippen molar-refractivity contribution in [1.29, 1.82) is 0 Å². The van der Waals surface area contributed by atoms with E-state index in [0.717, 1.165) is 6.42 Å². The summed E-state index contributed by atoms with van der Waals surface area (Å²) in [7, 11) is 4.78. The number of methoxy groups -OCH3 is 2. The topological polar surface area (TPSA) is 85.1 Å². The van der Waals surface area contributed by atoms with Crippen molar-refractivity contribution in [2.24, 2.45) is 5.73 Å². The van der Waals surface area contributed by atoms with Gasteiger partial charge in [-0.25, -0.2) is 0 Å². The van der Waals surface area contributed by atoms with Gasteiger partial charge in [0, 0.05) is 31.8 Å². The van der Waals surface area contributed by atoms with Crippen molar-refractivity contribution in [3.05, 3.63) is 18.2 Å². The molecule has 1 fully saturated rings. The van der Waals surface area contributed by atoms with Crippen LogP contribution in [0.2, 0.25) is 0 Å². The monoisotopic (exact) mass is 349 g/mol. The van der Waals surface area contributed by atoms with E-state index < -0.39 is 12.1 Å². The zero-order chi connectivity index (χ0) is 18.6. The average Bonchev–Trinajstić information content (AvgIpc) is 3.01. The highest BCUT2D eigenvalue weighted by molar-refractivity contribution is 6.02. The number of carbonyl (C=O) groups is 2. The van der Waals surface area contributed by atoms with E-state index in [1.54, 1.807) is 44.4 Å². The summed E-state index contributed by atoms with van der Waals surface area (Å²) in [4.78, 5) is 28.4. The van der Waals surface area contributed by atoms with Gasteiger partial charge in [0.25, 0.3) is 0 Å². The molecule has 1 aromatic carbocycles. The Morgan fingerprint density at radius 2 is 1.92 bits per heavy atom. The maximum atomic E-state index is 12.8. The molecule has 1 saturated heterocycles. The predicted molar refractivity (Wildman–Crippen MR) is 96.0 cm³/mol. The molecule has 0 aromatic heterocycles. The van der Waals surface area contributed by atoms with Gasteiger partial charge in [-0.05, 0) is 12.8 Å². The number of anilines is 1. The molecule has 0 spiro atoms. The lowest BCUT2D eigenvalue weighted by Gasteiger charge is -2.26. The van der Waals surface area contributed by atoms with E-state index in [-0.39, 0.29) is 11.8 Å². The zero-order valence-electron chi connectivity index (χ0n) is 15.3. The van der Waals surface area contributed by atoms with E-state index in [9.17, 15) is 9.59 Å². The molecule has 138 valence electrons. The number of ether oxygens (including phenoxy) is 2. The summed E-state index contributed by atoms with van der Waals surface area (Å²) >= 11 is 0. The molecule has 0 radical (unpaired) electrons. The van der Waals surface area contributed by atoms with E-state index in [1.165, 1.54) is 4.90 Å². The molecule has 2 atom stereocenters. The Bertz CT molecular complexity index is 612. The lowest BCUT2D eigenvalue weighted by molar-refractivity contribution is -0.137. The quantitative estimate of drug-likeness (QED) is 0.804. The third-order valence-corrected chi connectivity index (χ3v) is 4.56. The molecule has 2 amide bonds. The second-order valence-electron chi connectivity index (χ2n) is 6.21. The first-order valence-corrected chi connectivity index (χ1v) is 8.49. The molecule has 1 heterocycles. The van der Waals surface area contributed by atoms with Crippen molar-refractivity contribution in [3.8, 4) is 11.5 Å². The number of benzene rings is 1. The van der Waals surface area contributed by atoms with Crippen molar-refractivity contribution < 1.29 is 19.1 Å². The van der Waals surface area contributed by atoms with Crippen LogP contribution < -0.4 is 20.1 Å². The molecule has 2 rings (SSSR count). The van der Waals surface area contributed by atoms with Crippen LogP contribution in [0.25, 0.3) is 0 Å². The Kier molecular flexibility index (Phi) is 6.25. The van der Waals surface area contributed by atoms with Crippen LogP contribution >= 0.6 is 0 Å². The zero-order valence-corrected chi connectivity index (χ0v) is 15.3. The minimum absolute atomic E-state index is 0.116. The Morgan fingerprint density at radius 3 is 2.44 bits per heavy atom. The molecule has 25 heavy (non-hydrogen) atoms. The van der Waals surface area contributed by atoms with Gasteiger partial charge >= 0.3 is 0 Å². The van der Waals surface area contributed by atoms with E-state index >= 15 is 0 Å². The summed E-state index contributed by atoms with van der Waals surface area (Å²) in [5.41, 5.74) is 6.61. The smallest absolute Gasteiger partial charge is 0.249 e. The number of hydrogen-bond donors (Lipinski definition) is 1. The van der Waals surface area contributed by atoms with Crippen LogP contribution in [0, 0.1) is 0 Å². The SMILES string of the molecule is CCCC(N)C(=O)N(C)C1CCN(c2cc(OC)cc(OC)c2)C1=O. The van der Waals surface area contributed by atoms with Gasteiger partial charge in [-0.2, -0.15) is 0 Å². The van der Waals surface area contributed by atoms with Gasteiger partial charge in [0.05, 0.1) is 25.9 Å². The molecular weight excluding hydrogens is 322 g/mol. The Labute approximate surface area is 148 Å². The molecule has 0 aliphatic carbocycles. The number of carbonyl (C=O) groups excluding carboxylic acids is 2. The highest BCUT2D eigenvalue weighted by Crippen LogP contribution is 2.31. The lowest BCUT2D eigenvalue weighted by Crippen LogP contribution is -2.49. The van der Waals surface area contributed by atoms with Crippen LogP contribution in [-0.2, 0) is 9.59 Å². The summed E-state index contributed by atoms with van der Waals surface area (Å²) in [6.07, 6.45) is 2.01. The van der Waals surface area contributed by atoms with Gasteiger partial charge < -0.3 is 25.0 Å². The lowest BCUT2D eigenvalue weighted by atomic mass is 10.1. The molecule has 2 unspecified atom stereocenters. The van der Waals surface area contributed by atoms with Gasteiger partial charge in [0.1, 0.15) is 17.5 Å². The first-order chi connectivity index (χ1) is 11.9. The van der Waals surface area contributed by atoms with Crippen LogP contribution in [0.5, 0.6) is 11.5 Å². The highest BCUT2D eigenvalue weighted by atomic mass is 16.5. The summed E-state index contributed by atoms with van der Waals surface area (Å²) in [5.74, 6) is 0.917. The van der Waals surface area contributed by atoms with Gasteiger partial charge in [0.2, 0.25) is 11.8 Å². The minimum Gasteiger partial charge on any atom is -0.497 e. The van der Waals surface area contributed by atoms with Crippen molar-refractivity contribution in [2.45, 2.75) is 38.3 Å². The summed E-state index contributed by atoms with van der Waals surface area (Å²) in [5, 5.41) is 0. The molecular formula is C18H27N3O4. The summed E-state index contributed by atoms with van der Waals surface area (Å²) in [6, 6.07) is 4.27. The molecule has 0 saturated carbocycles. The highest BCUT2D eigenvalue weighted by Gasteiger charge is 2.38. The van der Waals surface area contributed by atoms with Crippen molar-refractivity contribution in [2.75, 3.05) is 32.7 Å². The molecule has 1 aliphatic rings. The Balaban J connectivity index is 2.17. The fourth-order valence-corrected chi connectivity index (χ4v) is 3.08. The first-order valence-electron chi connectivity index (χ1n) is 8.49. The molecule has 7 heteroatoms. The Hall–Kier alpha value is -2.28. The van der Waals surface area contributed by atoms with Gasteiger partial charge in [-0.15, -0.1) is 0 Å². The van der Waals surface area contributed by atoms with Crippen LogP contribution in [0.1, 0.15) is 26.2 Å². The van der Waals surface area contributed by atoms with E-state index in [1.807, 2.05) is 6.92 Å². The largest absolute Gasteiger partial charge is 0.497 e. The number of amides is 2. The number of hydrogen-bond acceptors (Lipinski definition) is 5. The van der Waals surface area contributed by atoms with Gasteiger partial charge in [0.15, 0.2) is 0 Å².